The first-order chi connectivity index (χ1) is 8.31. The number of hydrogen-bond donors (Lipinski definition) is 1. The molecule has 0 unspecified atom stereocenters. The molecule has 1 aromatic carbocycles. The van der Waals surface area contributed by atoms with Gasteiger partial charge in [0.2, 0.25) is 0 Å². The Morgan fingerprint density at radius 1 is 1.24 bits per heavy atom. The van der Waals surface area contributed by atoms with Gasteiger partial charge in [0.25, 0.3) is 5.91 Å². The number of carbonyl (C=O) groups excluding carboxylic acids is 1. The molecule has 1 N–H and O–H groups in total. The summed E-state index contributed by atoms with van der Waals surface area (Å²) in [5.41, 5.74) is 0.729. The summed E-state index contributed by atoms with van der Waals surface area (Å²) < 4.78 is 5.08. The summed E-state index contributed by atoms with van der Waals surface area (Å²) in [5, 5.41) is 3.29. The van der Waals surface area contributed by atoms with Crippen LogP contribution in [0.5, 0.6) is 5.75 Å². The van der Waals surface area contributed by atoms with E-state index in [0.717, 1.165) is 43.9 Å². The predicted octanol–water partition coefficient (Wildman–Crippen LogP) is 1.13. The molecular weight excluding hydrogens is 216 g/mol. The van der Waals surface area contributed by atoms with Gasteiger partial charge in [-0.3, -0.25) is 4.79 Å². The molecule has 1 aromatic rings. The summed E-state index contributed by atoms with van der Waals surface area (Å²) in [6, 6.07) is 7.28. The third-order valence-corrected chi connectivity index (χ3v) is 2.96. The van der Waals surface area contributed by atoms with Crippen LogP contribution in [0.4, 0.5) is 0 Å². The number of nitrogens with zero attached hydrogens (tertiary/aromatic N) is 1. The minimum absolute atomic E-state index is 0.108. The number of nitrogens with one attached hydrogen (secondary N) is 1. The summed E-state index contributed by atoms with van der Waals surface area (Å²) in [5.74, 6) is 0.885. The Morgan fingerprint density at radius 2 is 2.00 bits per heavy atom. The van der Waals surface area contributed by atoms with Crippen molar-refractivity contribution < 1.29 is 9.53 Å². The molecule has 1 saturated heterocycles. The quantitative estimate of drug-likeness (QED) is 0.834. The fraction of sp³-hybridized carbons (Fsp3) is 0.462. The smallest absolute Gasteiger partial charge is 0.253 e. The zero-order valence-corrected chi connectivity index (χ0v) is 10.1. The van der Waals surface area contributed by atoms with Crippen molar-refractivity contribution in [2.75, 3.05) is 33.3 Å². The van der Waals surface area contributed by atoms with E-state index in [9.17, 15) is 4.79 Å². The predicted molar refractivity (Wildman–Crippen MR) is 66.4 cm³/mol. The second-order valence-corrected chi connectivity index (χ2v) is 4.12. The third-order valence-electron chi connectivity index (χ3n) is 2.96. The normalized spacial score (nSPS) is 16.4. The maximum atomic E-state index is 12.2. The average Bonchev–Trinajstić information content (AvgIpc) is 2.67. The third kappa shape index (κ3) is 2.97. The van der Waals surface area contributed by atoms with Gasteiger partial charge >= 0.3 is 0 Å². The van der Waals surface area contributed by atoms with E-state index in [-0.39, 0.29) is 5.91 Å². The first kappa shape index (κ1) is 11.9. The van der Waals surface area contributed by atoms with E-state index < -0.39 is 0 Å². The average molecular weight is 234 g/mol. The fourth-order valence-corrected chi connectivity index (χ4v) is 1.96. The van der Waals surface area contributed by atoms with Gasteiger partial charge in [-0.1, -0.05) is 0 Å². The highest BCUT2D eigenvalue weighted by Crippen LogP contribution is 2.13. The first-order valence-corrected chi connectivity index (χ1v) is 5.95. The van der Waals surface area contributed by atoms with E-state index >= 15 is 0 Å². The summed E-state index contributed by atoms with van der Waals surface area (Å²) in [6.45, 7) is 3.48. The molecule has 1 fully saturated rings. The molecular formula is C13H18N2O2. The zero-order chi connectivity index (χ0) is 12.1. The van der Waals surface area contributed by atoms with Crippen molar-refractivity contribution in [3.8, 4) is 5.75 Å². The molecule has 4 heteroatoms. The molecule has 0 aromatic heterocycles. The van der Waals surface area contributed by atoms with Crippen LogP contribution in [0, 0.1) is 0 Å². The van der Waals surface area contributed by atoms with E-state index in [1.165, 1.54) is 0 Å². The second-order valence-electron chi connectivity index (χ2n) is 4.12. The Bertz CT molecular complexity index is 368. The van der Waals surface area contributed by atoms with Gasteiger partial charge in [-0.2, -0.15) is 0 Å². The van der Waals surface area contributed by atoms with Crippen molar-refractivity contribution in [2.24, 2.45) is 0 Å². The van der Waals surface area contributed by atoms with Gasteiger partial charge in [-0.05, 0) is 37.2 Å². The Hall–Kier alpha value is -1.55. The fourth-order valence-electron chi connectivity index (χ4n) is 1.96. The Balaban J connectivity index is 2.06. The Labute approximate surface area is 102 Å². The molecule has 0 atom stereocenters. The molecule has 1 amide bonds. The van der Waals surface area contributed by atoms with Crippen molar-refractivity contribution >= 4 is 5.91 Å². The zero-order valence-electron chi connectivity index (χ0n) is 10.1. The van der Waals surface area contributed by atoms with Crippen molar-refractivity contribution in [1.29, 1.82) is 0 Å². The van der Waals surface area contributed by atoms with E-state index in [2.05, 4.69) is 5.32 Å². The lowest BCUT2D eigenvalue weighted by atomic mass is 10.2. The lowest BCUT2D eigenvalue weighted by molar-refractivity contribution is 0.0766. The van der Waals surface area contributed by atoms with Crippen molar-refractivity contribution in [2.45, 2.75) is 6.42 Å². The van der Waals surface area contributed by atoms with Gasteiger partial charge in [-0.25, -0.2) is 0 Å². The van der Waals surface area contributed by atoms with E-state index in [0.29, 0.717) is 0 Å². The van der Waals surface area contributed by atoms with Gasteiger partial charge in [0.15, 0.2) is 0 Å². The molecule has 4 nitrogen and oxygen atoms in total. The first-order valence-electron chi connectivity index (χ1n) is 5.95. The number of ether oxygens (including phenoxy) is 1. The van der Waals surface area contributed by atoms with Crippen molar-refractivity contribution in [1.82, 2.24) is 10.2 Å². The molecule has 1 aliphatic rings. The number of rotatable bonds is 2. The van der Waals surface area contributed by atoms with Crippen LogP contribution < -0.4 is 10.1 Å². The number of methoxy groups -OCH3 is 1. The van der Waals surface area contributed by atoms with Crippen molar-refractivity contribution in [3.05, 3.63) is 29.8 Å². The van der Waals surface area contributed by atoms with Crippen LogP contribution in [0.2, 0.25) is 0 Å². The maximum Gasteiger partial charge on any atom is 0.253 e. The highest BCUT2D eigenvalue weighted by Gasteiger charge is 2.16. The molecule has 17 heavy (non-hydrogen) atoms. The molecule has 0 aliphatic carbocycles. The lowest BCUT2D eigenvalue weighted by Crippen LogP contribution is -2.34. The van der Waals surface area contributed by atoms with Crippen LogP contribution in [-0.2, 0) is 0 Å². The molecule has 1 aliphatic heterocycles. The summed E-state index contributed by atoms with van der Waals surface area (Å²) >= 11 is 0. The van der Waals surface area contributed by atoms with Crippen LogP contribution in [0.3, 0.4) is 0 Å². The van der Waals surface area contributed by atoms with Gasteiger partial charge in [0.05, 0.1) is 7.11 Å². The Morgan fingerprint density at radius 3 is 2.71 bits per heavy atom. The minimum Gasteiger partial charge on any atom is -0.497 e. The maximum absolute atomic E-state index is 12.2. The SMILES string of the molecule is COc1ccc(C(=O)N2CCCNCC2)cc1. The second kappa shape index (κ2) is 5.68. The minimum atomic E-state index is 0.108. The summed E-state index contributed by atoms with van der Waals surface area (Å²) in [4.78, 5) is 14.1. The van der Waals surface area contributed by atoms with E-state index in [1.54, 1.807) is 7.11 Å². The van der Waals surface area contributed by atoms with Crippen LogP contribution in [0.25, 0.3) is 0 Å². The monoisotopic (exact) mass is 234 g/mol. The molecule has 0 bridgehead atoms. The number of hydrogen-bond acceptors (Lipinski definition) is 3. The van der Waals surface area contributed by atoms with Crippen LogP contribution in [0.15, 0.2) is 24.3 Å². The van der Waals surface area contributed by atoms with E-state index in [4.69, 9.17) is 4.74 Å². The lowest BCUT2D eigenvalue weighted by Gasteiger charge is -2.20. The van der Waals surface area contributed by atoms with Gasteiger partial charge in [0, 0.05) is 25.2 Å². The van der Waals surface area contributed by atoms with Crippen LogP contribution in [0.1, 0.15) is 16.8 Å². The van der Waals surface area contributed by atoms with Crippen molar-refractivity contribution in [3.63, 3.8) is 0 Å². The number of carbonyl (C=O) groups is 1. The number of amides is 1. The molecule has 0 saturated carbocycles. The molecule has 92 valence electrons. The highest BCUT2D eigenvalue weighted by atomic mass is 16.5. The largest absolute Gasteiger partial charge is 0.497 e. The molecule has 0 radical (unpaired) electrons. The van der Waals surface area contributed by atoms with Gasteiger partial charge < -0.3 is 15.0 Å². The highest BCUT2D eigenvalue weighted by molar-refractivity contribution is 5.94. The van der Waals surface area contributed by atoms with Gasteiger partial charge in [0.1, 0.15) is 5.75 Å². The van der Waals surface area contributed by atoms with E-state index in [1.807, 2.05) is 29.2 Å². The summed E-state index contributed by atoms with van der Waals surface area (Å²) in [6.07, 6.45) is 1.02. The molecule has 1 heterocycles. The summed E-state index contributed by atoms with van der Waals surface area (Å²) in [7, 11) is 1.62. The van der Waals surface area contributed by atoms with Crippen LogP contribution >= 0.6 is 0 Å². The molecule has 0 spiro atoms. The van der Waals surface area contributed by atoms with Crippen LogP contribution in [-0.4, -0.2) is 44.1 Å². The topological polar surface area (TPSA) is 41.6 Å². The number of benzene rings is 1. The van der Waals surface area contributed by atoms with Gasteiger partial charge in [-0.15, -0.1) is 0 Å². The Kier molecular flexibility index (Phi) is 3.98. The molecule has 2 rings (SSSR count). The standard InChI is InChI=1S/C13H18N2O2/c1-17-12-5-3-11(4-6-12)13(16)15-9-2-7-14-8-10-15/h3-6,14H,2,7-10H2,1H3.